The molecule has 0 radical (unpaired) electrons. The molecule has 0 saturated carbocycles. The van der Waals surface area contributed by atoms with E-state index in [1.165, 1.54) is 117 Å². The summed E-state index contributed by atoms with van der Waals surface area (Å²) < 4.78 is 9.47. The number of hydrogen-bond donors (Lipinski definition) is 1. The van der Waals surface area contributed by atoms with Crippen LogP contribution in [-0.2, 0) is 21.7 Å². The number of nitrogens with zero attached hydrogens (tertiary/aromatic N) is 1. The van der Waals surface area contributed by atoms with Crippen LogP contribution in [0.15, 0.2) is 150 Å². The van der Waals surface area contributed by atoms with Crippen molar-refractivity contribution in [1.29, 1.82) is 0 Å². The van der Waals surface area contributed by atoms with E-state index in [9.17, 15) is 0 Å². The van der Waals surface area contributed by atoms with Gasteiger partial charge in [0.2, 0.25) is 7.28 Å². The molecule has 70 heavy (non-hydrogen) atoms. The summed E-state index contributed by atoms with van der Waals surface area (Å²) in [5.41, 5.74) is 21.5. The largest absolute Gasteiger partial charge is 0.454 e. The zero-order chi connectivity index (χ0) is 48.1. The number of furan rings is 1. The molecule has 2 aromatic heterocycles. The summed E-state index contributed by atoms with van der Waals surface area (Å²) >= 11 is 2.02. The van der Waals surface area contributed by atoms with Crippen molar-refractivity contribution in [2.24, 2.45) is 0 Å². The van der Waals surface area contributed by atoms with Crippen molar-refractivity contribution >= 4 is 100 Å². The van der Waals surface area contributed by atoms with E-state index in [-0.39, 0.29) is 21.7 Å². The number of aryl methyl sites for hydroxylation is 1. The molecule has 2 aliphatic carbocycles. The highest BCUT2D eigenvalue weighted by molar-refractivity contribution is 7.29. The lowest BCUT2D eigenvalue weighted by molar-refractivity contribution is 0.332. The molecule has 346 valence electrons. The van der Waals surface area contributed by atoms with Gasteiger partial charge in [-0.3, -0.25) is 0 Å². The minimum Gasteiger partial charge on any atom is -0.454 e. The van der Waals surface area contributed by atoms with Gasteiger partial charge in [-0.25, -0.2) is 0 Å². The second-order valence-electron chi connectivity index (χ2n) is 23.5. The highest BCUT2D eigenvalue weighted by Crippen LogP contribution is 2.54. The monoisotopic (exact) mass is 928 g/mol. The Morgan fingerprint density at radius 2 is 1.13 bits per heavy atom. The van der Waals surface area contributed by atoms with Gasteiger partial charge in [0.15, 0.2) is 5.58 Å². The van der Waals surface area contributed by atoms with E-state index in [0.29, 0.717) is 0 Å². The quantitative estimate of drug-likeness (QED) is 0.174. The van der Waals surface area contributed by atoms with E-state index < -0.39 is 0 Å². The van der Waals surface area contributed by atoms with Crippen molar-refractivity contribution in [3.63, 3.8) is 0 Å². The first-order valence-electron chi connectivity index (χ1n) is 25.5. The number of thiophene rings is 1. The van der Waals surface area contributed by atoms with Crippen LogP contribution < -0.4 is 20.5 Å². The number of anilines is 5. The minimum atomic E-state index is 0.0472. The van der Waals surface area contributed by atoms with E-state index in [1.807, 2.05) is 11.3 Å². The molecule has 0 fully saturated rings. The first-order chi connectivity index (χ1) is 33.5. The average Bonchev–Trinajstić information content (AvgIpc) is 3.92. The lowest BCUT2D eigenvalue weighted by atomic mass is 9.61. The summed E-state index contributed by atoms with van der Waals surface area (Å²) in [6, 6.07) is 54.9. The van der Waals surface area contributed by atoms with Gasteiger partial charge in [-0.1, -0.05) is 146 Å². The molecule has 0 amide bonds. The van der Waals surface area contributed by atoms with Crippen LogP contribution in [0.4, 0.5) is 28.4 Å². The van der Waals surface area contributed by atoms with E-state index in [4.69, 9.17) is 4.42 Å². The molecule has 0 spiro atoms. The van der Waals surface area contributed by atoms with Crippen LogP contribution in [0.5, 0.6) is 0 Å². The van der Waals surface area contributed by atoms with Crippen molar-refractivity contribution in [3.05, 3.63) is 173 Å². The first-order valence-corrected chi connectivity index (χ1v) is 26.4. The van der Waals surface area contributed by atoms with Gasteiger partial charge in [0.1, 0.15) is 5.58 Å². The number of nitrogens with one attached hydrogen (secondary N) is 1. The maximum absolute atomic E-state index is 6.66. The summed E-state index contributed by atoms with van der Waals surface area (Å²) in [7, 11) is 0.830. The fourth-order valence-electron chi connectivity index (χ4n) is 12.7. The average molecular weight is 929 g/mol. The third-order valence-corrected chi connectivity index (χ3v) is 18.2. The highest BCUT2D eigenvalue weighted by Gasteiger charge is 2.42. The zero-order valence-corrected chi connectivity index (χ0v) is 43.0. The molecule has 0 unspecified atom stereocenters. The van der Waals surface area contributed by atoms with Gasteiger partial charge in [0, 0.05) is 43.5 Å². The van der Waals surface area contributed by atoms with Crippen molar-refractivity contribution < 1.29 is 4.42 Å². The Hall–Kier alpha value is -6.56. The number of hydrogen-bond acceptors (Lipinski definition) is 4. The van der Waals surface area contributed by atoms with Crippen LogP contribution in [-0.4, -0.2) is 7.28 Å². The molecule has 10 aromatic rings. The first kappa shape index (κ1) is 43.5. The lowest BCUT2D eigenvalue weighted by Crippen LogP contribution is -2.40. The normalized spacial score (nSPS) is 17.2. The minimum absolute atomic E-state index is 0.0472. The maximum Gasteiger partial charge on any atom is 0.211 e. The number of benzene rings is 8. The zero-order valence-electron chi connectivity index (χ0n) is 42.2. The highest BCUT2D eigenvalue weighted by atomic mass is 32.1. The fourth-order valence-corrected chi connectivity index (χ4v) is 13.9. The summed E-state index contributed by atoms with van der Waals surface area (Å²) in [5, 5.41) is 10.0. The van der Waals surface area contributed by atoms with E-state index in [1.54, 1.807) is 0 Å². The molecule has 5 heteroatoms. The van der Waals surface area contributed by atoms with Crippen molar-refractivity contribution in [3.8, 4) is 22.3 Å². The second kappa shape index (κ2) is 15.2. The van der Waals surface area contributed by atoms with E-state index in [0.717, 1.165) is 47.0 Å². The van der Waals surface area contributed by atoms with Gasteiger partial charge in [0.05, 0.1) is 11.4 Å². The second-order valence-corrected chi connectivity index (χ2v) is 24.7. The van der Waals surface area contributed by atoms with E-state index >= 15 is 0 Å². The number of para-hydroxylation sites is 2. The molecule has 1 aliphatic heterocycles. The predicted octanol–water partition coefficient (Wildman–Crippen LogP) is 17.2. The van der Waals surface area contributed by atoms with Crippen LogP contribution >= 0.6 is 11.3 Å². The Bertz CT molecular complexity index is 3810. The molecule has 0 saturated heterocycles. The standard InChI is InChI=1S/C65H61BN2OS/c1-38-30-48-50(64(6,7)28-26-62(48,2)3)36-54(38)68-55-34-42(39-18-11-10-12-19-39)32-46(58(55)66-61-59(68)47-35-49-51(37-57(47)70-61)65(8,9)29-27-63(49,4)5)45-31-40-20-13-14-21-41(40)33-53(45)67-52-24-17-23-44-43-22-15-16-25-56(43)69-60(44)52/h10-25,30-37,66-67H,26-29H2,1-9H3. The molecule has 13 rings (SSSR count). The van der Waals surface area contributed by atoms with Crippen molar-refractivity contribution in [2.45, 2.75) is 110 Å². The molecular weight excluding hydrogens is 868 g/mol. The molecule has 3 heterocycles. The van der Waals surface area contributed by atoms with Crippen LogP contribution in [0.1, 0.15) is 109 Å². The summed E-state index contributed by atoms with van der Waals surface area (Å²) in [6.45, 7) is 22.1. The van der Waals surface area contributed by atoms with Crippen LogP contribution in [0.25, 0.3) is 65.1 Å². The smallest absolute Gasteiger partial charge is 0.211 e. The summed E-state index contributed by atoms with van der Waals surface area (Å²) in [5.74, 6) is 0. The van der Waals surface area contributed by atoms with Gasteiger partial charge in [-0.2, -0.15) is 0 Å². The van der Waals surface area contributed by atoms with Gasteiger partial charge in [-0.05, 0) is 174 Å². The topological polar surface area (TPSA) is 28.4 Å². The molecule has 1 N–H and O–H groups in total. The Morgan fingerprint density at radius 3 is 1.86 bits per heavy atom. The van der Waals surface area contributed by atoms with Crippen molar-refractivity contribution in [2.75, 3.05) is 10.2 Å². The third kappa shape index (κ3) is 6.67. The lowest BCUT2D eigenvalue weighted by Gasteiger charge is -2.44. The Labute approximate surface area is 417 Å². The third-order valence-electron chi connectivity index (χ3n) is 17.1. The molecular formula is C65H61BN2OS. The van der Waals surface area contributed by atoms with E-state index in [2.05, 4.69) is 218 Å². The fraction of sp³-hybridized carbons (Fsp3) is 0.262. The molecule has 0 bridgehead atoms. The maximum atomic E-state index is 6.66. The molecule has 8 aromatic carbocycles. The van der Waals surface area contributed by atoms with Crippen LogP contribution in [0, 0.1) is 6.92 Å². The van der Waals surface area contributed by atoms with Gasteiger partial charge < -0.3 is 14.6 Å². The summed E-state index contributed by atoms with van der Waals surface area (Å²) in [4.78, 5) is 2.73. The number of fused-ring (bicyclic) bond motifs is 10. The number of rotatable bonds is 5. The Kier molecular flexibility index (Phi) is 9.45. The van der Waals surface area contributed by atoms with Crippen LogP contribution in [0.2, 0.25) is 0 Å². The molecule has 0 atom stereocenters. The predicted molar refractivity (Wildman–Crippen MR) is 304 cm³/mol. The Balaban J connectivity index is 1.12. The van der Waals surface area contributed by atoms with Crippen LogP contribution in [0.3, 0.4) is 0 Å². The summed E-state index contributed by atoms with van der Waals surface area (Å²) in [6.07, 6.45) is 4.73. The Morgan fingerprint density at radius 1 is 0.514 bits per heavy atom. The van der Waals surface area contributed by atoms with Gasteiger partial charge in [-0.15, -0.1) is 11.3 Å². The van der Waals surface area contributed by atoms with Gasteiger partial charge >= 0.3 is 0 Å². The molecule has 3 aliphatic rings. The van der Waals surface area contributed by atoms with Crippen molar-refractivity contribution in [1.82, 2.24) is 0 Å². The SMILES string of the molecule is Cc1cc2c(cc1N1c3cc(-c4ccccc4)cc(-c4cc5ccccc5cc4Nc4cccc5c4oc4ccccc45)c3Bc3sc4cc5c(cc4c31)C(C)(C)CCC5(C)C)C(C)(C)CCC2(C)C. The van der Waals surface area contributed by atoms with Gasteiger partial charge in [0.25, 0.3) is 0 Å². The molecule has 3 nitrogen and oxygen atoms in total.